The topological polar surface area (TPSA) is 39.4 Å². The van der Waals surface area contributed by atoms with Crippen LogP contribution in [-0.2, 0) is 4.74 Å². The van der Waals surface area contributed by atoms with Crippen LogP contribution < -0.4 is 0 Å². The van der Waals surface area contributed by atoms with Crippen molar-refractivity contribution in [1.82, 2.24) is 0 Å². The fourth-order valence-electron chi connectivity index (χ4n) is 2.93. The number of para-hydroxylation sites is 1. The number of ether oxygens (including phenoxy) is 1. The van der Waals surface area contributed by atoms with E-state index in [0.29, 0.717) is 17.9 Å². The highest BCUT2D eigenvalue weighted by Crippen LogP contribution is 2.41. The zero-order chi connectivity index (χ0) is 15.1. The van der Waals surface area contributed by atoms with E-state index >= 15 is 0 Å². The highest BCUT2D eigenvalue weighted by Gasteiger charge is 2.26. The molecule has 0 spiro atoms. The summed E-state index contributed by atoms with van der Waals surface area (Å²) in [6, 6.07) is 17.7. The summed E-state index contributed by atoms with van der Waals surface area (Å²) in [5.41, 5.74) is 2.21. The molecule has 0 radical (unpaired) electrons. The Kier molecular flexibility index (Phi) is 2.86. The number of carbonyl (C=O) groups is 1. The van der Waals surface area contributed by atoms with Gasteiger partial charge in [-0.25, -0.2) is 4.79 Å². The Bertz CT molecular complexity index is 965. The predicted molar refractivity (Wildman–Crippen MR) is 86.3 cm³/mol. The van der Waals surface area contributed by atoms with E-state index in [2.05, 4.69) is 6.07 Å². The number of hydrogen-bond donors (Lipinski definition) is 0. The molecule has 0 bridgehead atoms. The van der Waals surface area contributed by atoms with Crippen LogP contribution in [0.2, 0.25) is 0 Å². The molecule has 3 heteroatoms. The molecule has 0 fully saturated rings. The van der Waals surface area contributed by atoms with Crippen molar-refractivity contribution in [2.75, 3.05) is 6.61 Å². The van der Waals surface area contributed by atoms with Gasteiger partial charge in [0.25, 0.3) is 0 Å². The molecule has 2 aliphatic rings. The summed E-state index contributed by atoms with van der Waals surface area (Å²) in [6.45, 7) is 2.14. The van der Waals surface area contributed by atoms with Crippen molar-refractivity contribution in [3.63, 3.8) is 0 Å². The van der Waals surface area contributed by atoms with Gasteiger partial charge < -0.3 is 9.15 Å². The van der Waals surface area contributed by atoms with Gasteiger partial charge in [-0.2, -0.15) is 0 Å². The van der Waals surface area contributed by atoms with Gasteiger partial charge in [0.1, 0.15) is 16.9 Å². The van der Waals surface area contributed by atoms with Crippen molar-refractivity contribution in [2.45, 2.75) is 6.92 Å². The quantitative estimate of drug-likeness (QED) is 0.494. The Morgan fingerprint density at radius 2 is 1.77 bits per heavy atom. The Morgan fingerprint density at radius 3 is 2.59 bits per heavy atom. The summed E-state index contributed by atoms with van der Waals surface area (Å²) in [6.07, 6.45) is 0. The van der Waals surface area contributed by atoms with Crippen LogP contribution in [0.4, 0.5) is 0 Å². The molecule has 1 aliphatic carbocycles. The van der Waals surface area contributed by atoms with E-state index in [1.807, 2.05) is 48.5 Å². The van der Waals surface area contributed by atoms with E-state index in [1.165, 1.54) is 0 Å². The standard InChI is InChI=1S/C19H14O3/c1-2-21-19(20)17-14-9-5-4-8-13(14)15-11-12-7-3-6-10-16(12)22-18(15)17/h3-11H,2H2,1H3. The first-order valence-electron chi connectivity index (χ1n) is 7.29. The van der Waals surface area contributed by atoms with Gasteiger partial charge >= 0.3 is 5.97 Å². The lowest BCUT2D eigenvalue weighted by atomic mass is 10.1. The maximum atomic E-state index is 12.4. The van der Waals surface area contributed by atoms with Crippen LogP contribution in [0.5, 0.6) is 0 Å². The van der Waals surface area contributed by atoms with Gasteiger partial charge in [-0.3, -0.25) is 0 Å². The fraction of sp³-hybridized carbons (Fsp3) is 0.105. The largest absolute Gasteiger partial charge is 0.462 e. The minimum atomic E-state index is -0.340. The van der Waals surface area contributed by atoms with Crippen LogP contribution in [-0.4, -0.2) is 12.6 Å². The number of carbonyl (C=O) groups excluding carboxylic acids is 1. The van der Waals surface area contributed by atoms with E-state index in [9.17, 15) is 4.79 Å². The lowest BCUT2D eigenvalue weighted by molar-refractivity contribution is 0.0528. The van der Waals surface area contributed by atoms with Crippen molar-refractivity contribution >= 4 is 27.7 Å². The molecular formula is C19H14O3. The van der Waals surface area contributed by atoms with Crippen LogP contribution in [0.25, 0.3) is 33.1 Å². The second-order valence-corrected chi connectivity index (χ2v) is 5.17. The second-order valence-electron chi connectivity index (χ2n) is 5.17. The molecule has 1 aliphatic heterocycles. The van der Waals surface area contributed by atoms with E-state index < -0.39 is 0 Å². The van der Waals surface area contributed by atoms with Crippen LogP contribution in [0, 0.1) is 0 Å². The van der Waals surface area contributed by atoms with E-state index in [1.54, 1.807) is 6.92 Å². The van der Waals surface area contributed by atoms with Gasteiger partial charge in [-0.05, 0) is 24.4 Å². The van der Waals surface area contributed by atoms with Crippen LogP contribution in [0.1, 0.15) is 17.3 Å². The average Bonchev–Trinajstić information content (AvgIpc) is 2.86. The summed E-state index contributed by atoms with van der Waals surface area (Å²) >= 11 is 0. The van der Waals surface area contributed by atoms with Gasteiger partial charge in [-0.15, -0.1) is 0 Å². The average molecular weight is 290 g/mol. The number of benzene rings is 2. The molecule has 0 saturated heterocycles. The van der Waals surface area contributed by atoms with Gasteiger partial charge in [0, 0.05) is 16.3 Å². The van der Waals surface area contributed by atoms with Gasteiger partial charge in [0.15, 0.2) is 0 Å². The molecule has 0 saturated carbocycles. The van der Waals surface area contributed by atoms with Crippen LogP contribution in [0.3, 0.4) is 0 Å². The molecular weight excluding hydrogens is 276 g/mol. The molecule has 1 heterocycles. The molecule has 0 unspecified atom stereocenters. The highest BCUT2D eigenvalue weighted by molar-refractivity contribution is 6.17. The van der Waals surface area contributed by atoms with Crippen molar-refractivity contribution in [2.24, 2.45) is 0 Å². The SMILES string of the molecule is CCOC(=O)c1c2oc3ccccc3cc-2c2ccccc12. The lowest BCUT2D eigenvalue weighted by Gasteiger charge is -2.06. The molecule has 3 nitrogen and oxygen atoms in total. The number of fused-ring (bicyclic) bond motifs is 4. The van der Waals surface area contributed by atoms with Gasteiger partial charge in [-0.1, -0.05) is 42.5 Å². The zero-order valence-corrected chi connectivity index (χ0v) is 12.1. The maximum absolute atomic E-state index is 12.4. The van der Waals surface area contributed by atoms with E-state index in [-0.39, 0.29) is 5.97 Å². The first-order valence-corrected chi connectivity index (χ1v) is 7.29. The van der Waals surface area contributed by atoms with Crippen molar-refractivity contribution < 1.29 is 13.9 Å². The molecule has 2 aromatic rings. The third kappa shape index (κ3) is 1.79. The Balaban J connectivity index is 2.15. The number of hydrogen-bond acceptors (Lipinski definition) is 3. The fourth-order valence-corrected chi connectivity index (χ4v) is 2.93. The summed E-state index contributed by atoms with van der Waals surface area (Å²) in [5, 5.41) is 2.89. The van der Waals surface area contributed by atoms with Gasteiger partial charge in [0.2, 0.25) is 0 Å². The van der Waals surface area contributed by atoms with Gasteiger partial charge in [0.05, 0.1) is 6.61 Å². The Hall–Kier alpha value is -2.81. The molecule has 0 atom stereocenters. The molecule has 108 valence electrons. The van der Waals surface area contributed by atoms with Crippen molar-refractivity contribution in [3.8, 4) is 11.3 Å². The van der Waals surface area contributed by atoms with E-state index in [4.69, 9.17) is 9.15 Å². The zero-order valence-electron chi connectivity index (χ0n) is 12.1. The normalized spacial score (nSPS) is 11.3. The maximum Gasteiger partial charge on any atom is 0.342 e. The Labute approximate surface area is 127 Å². The first kappa shape index (κ1) is 12.9. The monoisotopic (exact) mass is 290 g/mol. The summed E-state index contributed by atoms with van der Waals surface area (Å²) in [5.74, 6) is 0.256. The molecule has 0 N–H and O–H groups in total. The van der Waals surface area contributed by atoms with E-state index in [0.717, 1.165) is 27.3 Å². The smallest absolute Gasteiger partial charge is 0.342 e. The summed E-state index contributed by atoms with van der Waals surface area (Å²) in [7, 11) is 0. The highest BCUT2D eigenvalue weighted by atomic mass is 16.5. The minimum Gasteiger partial charge on any atom is -0.462 e. The molecule has 0 aromatic heterocycles. The minimum absolute atomic E-state index is 0.340. The first-order chi connectivity index (χ1) is 10.8. The van der Waals surface area contributed by atoms with Crippen LogP contribution in [0.15, 0.2) is 59.0 Å². The van der Waals surface area contributed by atoms with Crippen LogP contribution >= 0.6 is 0 Å². The third-order valence-corrected chi connectivity index (χ3v) is 3.87. The molecule has 0 amide bonds. The molecule has 22 heavy (non-hydrogen) atoms. The third-order valence-electron chi connectivity index (χ3n) is 3.87. The number of rotatable bonds is 2. The summed E-state index contributed by atoms with van der Waals surface area (Å²) in [4.78, 5) is 12.4. The summed E-state index contributed by atoms with van der Waals surface area (Å²) < 4.78 is 11.2. The lowest BCUT2D eigenvalue weighted by Crippen LogP contribution is -2.04. The second kappa shape index (κ2) is 4.88. The predicted octanol–water partition coefficient (Wildman–Crippen LogP) is 4.87. The Morgan fingerprint density at radius 1 is 1.05 bits per heavy atom. The number of esters is 1. The molecule has 2 aromatic carbocycles. The van der Waals surface area contributed by atoms with Crippen molar-refractivity contribution in [3.05, 3.63) is 60.2 Å². The molecule has 4 rings (SSSR count). The van der Waals surface area contributed by atoms with Crippen molar-refractivity contribution in [1.29, 1.82) is 0 Å².